The Kier molecular flexibility index (Phi) is 7.28. The first kappa shape index (κ1) is 25.7. The minimum atomic E-state index is -0.674. The number of β-lactam (4-membered cyclic amide) rings is 1. The number of aliphatic hydroxyl groups is 1. The third kappa shape index (κ3) is 4.72. The molecule has 4 rings (SSSR count). The molecule has 1 aromatic rings. The molecule has 6 atom stereocenters. The van der Waals surface area contributed by atoms with Crippen LogP contribution in [0.5, 0.6) is 0 Å². The standard InChI is InChI=1S/C24H36N6O4S/c1-13-21-20(15(3)31)24(34)30(21)14(2)22(13)35-17-10-18(23(33)27(4)5)29(12-17)19(32)9-7-8-16-11-28(6)26-25-16/h11,13,15,17-18,20-21,31H,7-10,12H2,1-6H3/t13-,15-,17-,18+,20-,21?/m1/s1. The first-order valence-electron chi connectivity index (χ1n) is 12.3. The number of aryl methyl sites for hydroxylation is 2. The van der Waals surface area contributed by atoms with Gasteiger partial charge in [-0.25, -0.2) is 0 Å². The Morgan fingerprint density at radius 3 is 2.66 bits per heavy atom. The van der Waals surface area contributed by atoms with Crippen LogP contribution < -0.4 is 0 Å². The molecule has 10 nitrogen and oxygen atoms in total. The highest BCUT2D eigenvalue weighted by molar-refractivity contribution is 8.03. The van der Waals surface area contributed by atoms with E-state index in [0.29, 0.717) is 32.2 Å². The number of rotatable bonds is 8. The number of aliphatic hydroxyl groups excluding tert-OH is 1. The summed E-state index contributed by atoms with van der Waals surface area (Å²) >= 11 is 1.69. The summed E-state index contributed by atoms with van der Waals surface area (Å²) in [6.45, 7) is 6.24. The largest absolute Gasteiger partial charge is 0.393 e. The molecule has 11 heteroatoms. The summed E-state index contributed by atoms with van der Waals surface area (Å²) in [5.74, 6) is -0.338. The van der Waals surface area contributed by atoms with E-state index in [1.54, 1.807) is 47.3 Å². The third-order valence-electron chi connectivity index (χ3n) is 7.43. The van der Waals surface area contributed by atoms with Crippen LogP contribution in [0.3, 0.4) is 0 Å². The summed E-state index contributed by atoms with van der Waals surface area (Å²) in [5, 5.41) is 18.2. The van der Waals surface area contributed by atoms with Crippen molar-refractivity contribution < 1.29 is 19.5 Å². The fraction of sp³-hybridized carbons (Fsp3) is 0.708. The minimum absolute atomic E-state index is 0.00979. The summed E-state index contributed by atoms with van der Waals surface area (Å²) in [4.78, 5) is 45.0. The molecule has 192 valence electrons. The van der Waals surface area contributed by atoms with Crippen LogP contribution >= 0.6 is 11.8 Å². The molecule has 0 bridgehead atoms. The molecule has 1 N–H and O–H groups in total. The molecule has 2 saturated heterocycles. The predicted molar refractivity (Wildman–Crippen MR) is 132 cm³/mol. The number of nitrogens with zero attached hydrogens (tertiary/aromatic N) is 6. The van der Waals surface area contributed by atoms with Crippen LogP contribution in [0.4, 0.5) is 0 Å². The lowest BCUT2D eigenvalue weighted by molar-refractivity contribution is -0.159. The average Bonchev–Trinajstić information content (AvgIpc) is 3.44. The van der Waals surface area contributed by atoms with E-state index < -0.39 is 12.1 Å². The van der Waals surface area contributed by atoms with E-state index in [2.05, 4.69) is 17.2 Å². The molecule has 1 aromatic heterocycles. The van der Waals surface area contributed by atoms with E-state index in [-0.39, 0.29) is 40.8 Å². The number of hydrogen-bond donors (Lipinski definition) is 1. The van der Waals surface area contributed by atoms with E-state index >= 15 is 0 Å². The second-order valence-corrected chi connectivity index (χ2v) is 11.6. The molecule has 3 aliphatic heterocycles. The Balaban J connectivity index is 1.43. The Hall–Kier alpha value is -2.40. The lowest BCUT2D eigenvalue weighted by Crippen LogP contribution is -2.62. The molecule has 0 spiro atoms. The monoisotopic (exact) mass is 504 g/mol. The SMILES string of the molecule is CC1=C(S[C@@H]2C[C@@H](C(=O)N(C)C)N(C(=O)CCCc3cn(C)nn3)C2)[C@H](C)C2[C@@H]([C@@H](C)O)C(=O)N12. The maximum Gasteiger partial charge on any atom is 0.244 e. The highest BCUT2D eigenvalue weighted by Crippen LogP contribution is 2.52. The van der Waals surface area contributed by atoms with Gasteiger partial charge < -0.3 is 19.8 Å². The fourth-order valence-corrected chi connectivity index (χ4v) is 7.18. The lowest BCUT2D eigenvalue weighted by atomic mass is 9.79. The predicted octanol–water partition coefficient (Wildman–Crippen LogP) is 1.02. The van der Waals surface area contributed by atoms with Crippen LogP contribution in [0.1, 0.15) is 45.7 Å². The second kappa shape index (κ2) is 9.93. The number of fused-ring (bicyclic) bond motifs is 1. The van der Waals surface area contributed by atoms with Crippen molar-refractivity contribution in [2.45, 2.75) is 69.9 Å². The topological polar surface area (TPSA) is 112 Å². The van der Waals surface area contributed by atoms with Gasteiger partial charge in [0.05, 0.1) is 23.8 Å². The second-order valence-electron chi connectivity index (χ2n) is 10.2. The molecule has 0 saturated carbocycles. The number of allylic oxidation sites excluding steroid dienone is 1. The molecule has 35 heavy (non-hydrogen) atoms. The van der Waals surface area contributed by atoms with Gasteiger partial charge in [0, 0.05) is 62.1 Å². The van der Waals surface area contributed by atoms with E-state index in [9.17, 15) is 19.5 Å². The number of likely N-dealkylation sites (tertiary alicyclic amines) is 1. The quantitative estimate of drug-likeness (QED) is 0.526. The number of carbonyl (C=O) groups is 3. The maximum absolute atomic E-state index is 13.2. The van der Waals surface area contributed by atoms with E-state index in [4.69, 9.17) is 0 Å². The Bertz CT molecular complexity index is 1040. The minimum Gasteiger partial charge on any atom is -0.393 e. The Morgan fingerprint density at radius 1 is 1.34 bits per heavy atom. The number of likely N-dealkylation sites (N-methyl/N-ethyl adjacent to an activating group) is 1. The summed E-state index contributed by atoms with van der Waals surface area (Å²) in [5.41, 5.74) is 1.79. The summed E-state index contributed by atoms with van der Waals surface area (Å²) in [6, 6.07) is -0.488. The van der Waals surface area contributed by atoms with Gasteiger partial charge >= 0.3 is 0 Å². The van der Waals surface area contributed by atoms with Gasteiger partial charge in [-0.3, -0.25) is 19.1 Å². The molecule has 3 amide bonds. The number of thioether (sulfide) groups is 1. The van der Waals surface area contributed by atoms with Gasteiger partial charge in [-0.2, -0.15) is 0 Å². The first-order chi connectivity index (χ1) is 16.5. The van der Waals surface area contributed by atoms with Gasteiger partial charge in [0.15, 0.2) is 0 Å². The summed E-state index contributed by atoms with van der Waals surface area (Å²) in [7, 11) is 5.25. The highest BCUT2D eigenvalue weighted by Gasteiger charge is 2.57. The van der Waals surface area contributed by atoms with Gasteiger partial charge in [0.25, 0.3) is 0 Å². The maximum atomic E-state index is 13.2. The first-order valence-corrected chi connectivity index (χ1v) is 13.1. The molecule has 0 aromatic carbocycles. The van der Waals surface area contributed by atoms with Gasteiger partial charge in [-0.15, -0.1) is 16.9 Å². The van der Waals surface area contributed by atoms with Gasteiger partial charge in [-0.05, 0) is 33.1 Å². The van der Waals surface area contributed by atoms with Crippen LogP contribution in [0, 0.1) is 11.8 Å². The average molecular weight is 505 g/mol. The van der Waals surface area contributed by atoms with Crippen LogP contribution in [0.15, 0.2) is 16.8 Å². The Labute approximate surface area is 210 Å². The van der Waals surface area contributed by atoms with Crippen molar-refractivity contribution in [3.05, 3.63) is 22.5 Å². The van der Waals surface area contributed by atoms with Crippen molar-refractivity contribution in [2.24, 2.45) is 18.9 Å². The highest BCUT2D eigenvalue weighted by atomic mass is 32.2. The molecule has 3 aliphatic rings. The van der Waals surface area contributed by atoms with E-state index in [0.717, 1.165) is 16.3 Å². The zero-order chi connectivity index (χ0) is 25.6. The zero-order valence-electron chi connectivity index (χ0n) is 21.3. The Morgan fingerprint density at radius 2 is 2.06 bits per heavy atom. The van der Waals surface area contributed by atoms with Crippen molar-refractivity contribution in [3.63, 3.8) is 0 Å². The number of hydrogen-bond acceptors (Lipinski definition) is 7. The smallest absolute Gasteiger partial charge is 0.244 e. The number of amides is 3. The fourth-order valence-electron chi connectivity index (χ4n) is 5.69. The van der Waals surface area contributed by atoms with E-state index in [1.807, 2.05) is 25.1 Å². The van der Waals surface area contributed by atoms with E-state index in [1.165, 1.54) is 0 Å². The molecule has 0 aliphatic carbocycles. The summed E-state index contributed by atoms with van der Waals surface area (Å²) < 4.78 is 1.64. The van der Waals surface area contributed by atoms with Crippen LogP contribution in [0.2, 0.25) is 0 Å². The van der Waals surface area contributed by atoms with Gasteiger partial charge in [0.1, 0.15) is 6.04 Å². The van der Waals surface area contributed by atoms with Crippen molar-refractivity contribution in [3.8, 4) is 0 Å². The normalized spacial score (nSPS) is 28.9. The number of aromatic nitrogens is 3. The molecule has 1 unspecified atom stereocenters. The van der Waals surface area contributed by atoms with Crippen molar-refractivity contribution >= 4 is 29.5 Å². The number of carbonyl (C=O) groups excluding carboxylic acids is 3. The summed E-state index contributed by atoms with van der Waals surface area (Å²) in [6.07, 6.45) is 3.42. The zero-order valence-corrected chi connectivity index (χ0v) is 22.2. The van der Waals surface area contributed by atoms with Crippen LogP contribution in [0.25, 0.3) is 0 Å². The van der Waals surface area contributed by atoms with Crippen molar-refractivity contribution in [2.75, 3.05) is 20.6 Å². The molecule has 4 heterocycles. The van der Waals surface area contributed by atoms with Gasteiger partial charge in [-0.1, -0.05) is 12.1 Å². The molecule has 2 fully saturated rings. The van der Waals surface area contributed by atoms with Crippen LogP contribution in [-0.2, 0) is 27.9 Å². The lowest BCUT2D eigenvalue weighted by Gasteiger charge is -2.46. The molecule has 0 radical (unpaired) electrons. The molecular formula is C24H36N6O4S. The van der Waals surface area contributed by atoms with Gasteiger partial charge in [0.2, 0.25) is 17.7 Å². The van der Waals surface area contributed by atoms with Crippen molar-refractivity contribution in [1.82, 2.24) is 29.7 Å². The molecular weight excluding hydrogens is 468 g/mol. The van der Waals surface area contributed by atoms with Crippen LogP contribution in [-0.4, -0.2) is 96.6 Å². The van der Waals surface area contributed by atoms with Crippen molar-refractivity contribution in [1.29, 1.82) is 0 Å². The third-order valence-corrected chi connectivity index (χ3v) is 9.02.